The number of ketones is 1. The minimum absolute atomic E-state index is 0.0746. The van der Waals surface area contributed by atoms with E-state index in [-0.39, 0.29) is 5.41 Å². The number of Topliss-reactive ketones (excluding diaryl/α,β-unsaturated/α-hetero) is 1. The van der Waals surface area contributed by atoms with Crippen LogP contribution in [-0.4, -0.2) is 5.78 Å². The van der Waals surface area contributed by atoms with Crippen LogP contribution in [0.4, 0.5) is 0 Å². The van der Waals surface area contributed by atoms with Gasteiger partial charge in [-0.2, -0.15) is 0 Å². The van der Waals surface area contributed by atoms with Gasteiger partial charge in [0.25, 0.3) is 0 Å². The van der Waals surface area contributed by atoms with Crippen LogP contribution in [0.5, 0.6) is 0 Å². The van der Waals surface area contributed by atoms with Gasteiger partial charge in [-0.3, -0.25) is 4.79 Å². The molecule has 0 atom stereocenters. The highest BCUT2D eigenvalue weighted by molar-refractivity contribution is 6.00. The molecule has 0 spiro atoms. The standard InChI is InChI=1S/C18H22O/c1-18(17(19)14-5-3-2-4-6-14)15-8-12-7-13(10-15)11-16(18)9-12/h2-6,12-13,15-16H,7-11H2,1H3. The third-order valence-corrected chi connectivity index (χ3v) is 6.36. The van der Waals surface area contributed by atoms with E-state index in [9.17, 15) is 4.79 Å². The van der Waals surface area contributed by atoms with E-state index < -0.39 is 0 Å². The van der Waals surface area contributed by atoms with Crippen molar-refractivity contribution in [1.29, 1.82) is 0 Å². The molecule has 0 aromatic heterocycles. The SMILES string of the molecule is CC1(C(=O)c2ccccc2)C2CC3CC(C2)CC1C3. The Morgan fingerprint density at radius 3 is 2.00 bits per heavy atom. The lowest BCUT2D eigenvalue weighted by molar-refractivity contribution is -0.0762. The molecule has 1 nitrogen and oxygen atoms in total. The van der Waals surface area contributed by atoms with E-state index in [0.717, 1.165) is 17.4 Å². The van der Waals surface area contributed by atoms with Crippen LogP contribution in [0.15, 0.2) is 30.3 Å². The Morgan fingerprint density at radius 2 is 1.47 bits per heavy atom. The van der Waals surface area contributed by atoms with Crippen molar-refractivity contribution in [2.75, 3.05) is 0 Å². The van der Waals surface area contributed by atoms with Gasteiger partial charge in [0.05, 0.1) is 0 Å². The zero-order valence-corrected chi connectivity index (χ0v) is 11.6. The lowest BCUT2D eigenvalue weighted by Gasteiger charge is -2.59. The smallest absolute Gasteiger partial charge is 0.169 e. The van der Waals surface area contributed by atoms with Crippen molar-refractivity contribution >= 4 is 5.78 Å². The van der Waals surface area contributed by atoms with E-state index in [4.69, 9.17) is 0 Å². The molecule has 19 heavy (non-hydrogen) atoms. The van der Waals surface area contributed by atoms with E-state index in [1.165, 1.54) is 32.1 Å². The fourth-order valence-electron chi connectivity index (χ4n) is 5.43. The summed E-state index contributed by atoms with van der Waals surface area (Å²) in [5.41, 5.74) is 0.854. The summed E-state index contributed by atoms with van der Waals surface area (Å²) in [6.45, 7) is 2.27. The fraction of sp³-hybridized carbons (Fsp3) is 0.611. The molecule has 0 amide bonds. The molecule has 0 saturated heterocycles. The monoisotopic (exact) mass is 254 g/mol. The van der Waals surface area contributed by atoms with Gasteiger partial charge in [0, 0.05) is 11.0 Å². The molecule has 4 bridgehead atoms. The third kappa shape index (κ3) is 1.57. The first-order valence-electron chi connectivity index (χ1n) is 7.77. The van der Waals surface area contributed by atoms with Crippen molar-refractivity contribution in [2.24, 2.45) is 29.1 Å². The molecule has 1 aromatic rings. The number of hydrogen-bond donors (Lipinski definition) is 0. The maximum Gasteiger partial charge on any atom is 0.169 e. The summed E-state index contributed by atoms with van der Waals surface area (Å²) in [6, 6.07) is 9.98. The summed E-state index contributed by atoms with van der Waals surface area (Å²) in [5.74, 6) is 3.58. The topological polar surface area (TPSA) is 17.1 Å². The van der Waals surface area contributed by atoms with E-state index in [0.29, 0.717) is 17.6 Å². The van der Waals surface area contributed by atoms with E-state index in [1.807, 2.05) is 30.3 Å². The number of carbonyl (C=O) groups is 1. The number of carbonyl (C=O) groups excluding carboxylic acids is 1. The Labute approximate surface area is 115 Å². The molecule has 1 aromatic carbocycles. The number of hydrogen-bond acceptors (Lipinski definition) is 1. The minimum atomic E-state index is -0.0746. The van der Waals surface area contributed by atoms with E-state index >= 15 is 0 Å². The summed E-state index contributed by atoms with van der Waals surface area (Å²) < 4.78 is 0. The molecule has 4 aliphatic carbocycles. The Kier molecular flexibility index (Phi) is 2.43. The van der Waals surface area contributed by atoms with Crippen LogP contribution in [0.1, 0.15) is 49.4 Å². The normalized spacial score (nSPS) is 43.4. The van der Waals surface area contributed by atoms with Crippen molar-refractivity contribution in [3.8, 4) is 0 Å². The zero-order valence-electron chi connectivity index (χ0n) is 11.6. The number of rotatable bonds is 2. The summed E-state index contributed by atoms with van der Waals surface area (Å²) in [6.07, 6.45) is 6.68. The van der Waals surface area contributed by atoms with Crippen molar-refractivity contribution in [1.82, 2.24) is 0 Å². The van der Waals surface area contributed by atoms with Gasteiger partial charge in [0.2, 0.25) is 0 Å². The highest BCUT2D eigenvalue weighted by Gasteiger charge is 2.57. The average molecular weight is 254 g/mol. The van der Waals surface area contributed by atoms with Crippen LogP contribution >= 0.6 is 0 Å². The van der Waals surface area contributed by atoms with Gasteiger partial charge in [-0.1, -0.05) is 37.3 Å². The second-order valence-electron chi connectivity index (χ2n) is 7.28. The molecule has 4 fully saturated rings. The van der Waals surface area contributed by atoms with Gasteiger partial charge in [-0.05, 0) is 55.8 Å². The third-order valence-electron chi connectivity index (χ3n) is 6.36. The summed E-state index contributed by atoms with van der Waals surface area (Å²) >= 11 is 0. The highest BCUT2D eigenvalue weighted by Crippen LogP contribution is 2.62. The highest BCUT2D eigenvalue weighted by atomic mass is 16.1. The molecule has 4 aliphatic rings. The molecule has 1 heteroatoms. The molecule has 0 radical (unpaired) electrons. The first-order valence-corrected chi connectivity index (χ1v) is 7.77. The molecular weight excluding hydrogens is 232 g/mol. The molecule has 4 saturated carbocycles. The van der Waals surface area contributed by atoms with Crippen LogP contribution < -0.4 is 0 Å². The summed E-state index contributed by atoms with van der Waals surface area (Å²) in [5, 5.41) is 0. The van der Waals surface area contributed by atoms with E-state index in [2.05, 4.69) is 6.92 Å². The van der Waals surface area contributed by atoms with Gasteiger partial charge < -0.3 is 0 Å². The van der Waals surface area contributed by atoms with Crippen molar-refractivity contribution in [3.63, 3.8) is 0 Å². The fourth-order valence-corrected chi connectivity index (χ4v) is 5.43. The van der Waals surface area contributed by atoms with Gasteiger partial charge in [0.15, 0.2) is 5.78 Å². The van der Waals surface area contributed by atoms with Crippen molar-refractivity contribution < 1.29 is 4.79 Å². The van der Waals surface area contributed by atoms with E-state index in [1.54, 1.807) is 0 Å². The summed E-state index contributed by atoms with van der Waals surface area (Å²) in [7, 11) is 0. The van der Waals surface area contributed by atoms with Crippen LogP contribution in [0.25, 0.3) is 0 Å². The van der Waals surface area contributed by atoms with Gasteiger partial charge in [-0.25, -0.2) is 0 Å². The predicted octanol–water partition coefficient (Wildman–Crippen LogP) is 4.33. The van der Waals surface area contributed by atoms with Crippen LogP contribution in [-0.2, 0) is 0 Å². The van der Waals surface area contributed by atoms with Crippen molar-refractivity contribution in [2.45, 2.75) is 39.0 Å². The molecule has 0 unspecified atom stereocenters. The van der Waals surface area contributed by atoms with Crippen LogP contribution in [0.3, 0.4) is 0 Å². The second-order valence-corrected chi connectivity index (χ2v) is 7.28. The zero-order chi connectivity index (χ0) is 13.0. The molecule has 0 N–H and O–H groups in total. The van der Waals surface area contributed by atoms with Gasteiger partial charge >= 0.3 is 0 Å². The summed E-state index contributed by atoms with van der Waals surface area (Å²) in [4.78, 5) is 13.1. The lowest BCUT2D eigenvalue weighted by Crippen LogP contribution is -2.55. The first kappa shape index (κ1) is 11.7. The first-order chi connectivity index (χ1) is 9.18. The van der Waals surface area contributed by atoms with Gasteiger partial charge in [0.1, 0.15) is 0 Å². The Balaban J connectivity index is 1.72. The largest absolute Gasteiger partial charge is 0.294 e. The van der Waals surface area contributed by atoms with Crippen LogP contribution in [0, 0.1) is 29.1 Å². The van der Waals surface area contributed by atoms with Crippen LogP contribution in [0.2, 0.25) is 0 Å². The maximum atomic E-state index is 13.1. The minimum Gasteiger partial charge on any atom is -0.294 e. The molecule has 5 rings (SSSR count). The van der Waals surface area contributed by atoms with Gasteiger partial charge in [-0.15, -0.1) is 0 Å². The average Bonchev–Trinajstić information content (AvgIpc) is 2.44. The molecule has 0 aliphatic heterocycles. The molecular formula is C18H22O. The molecule has 0 heterocycles. The maximum absolute atomic E-state index is 13.1. The predicted molar refractivity (Wildman–Crippen MR) is 75.9 cm³/mol. The lowest BCUT2D eigenvalue weighted by atomic mass is 9.44. The Hall–Kier alpha value is -1.11. The number of benzene rings is 1. The van der Waals surface area contributed by atoms with Crippen molar-refractivity contribution in [3.05, 3.63) is 35.9 Å². The second kappa shape index (κ2) is 3.94. The Bertz CT molecular complexity index is 474. The Morgan fingerprint density at radius 1 is 0.947 bits per heavy atom. The molecule has 100 valence electrons. The quantitative estimate of drug-likeness (QED) is 0.718.